The number of aryl methyl sites for hydroxylation is 1. The average molecular weight is 430 g/mol. The summed E-state index contributed by atoms with van der Waals surface area (Å²) >= 11 is 6.46. The Morgan fingerprint density at radius 2 is 1.79 bits per heavy atom. The Kier molecular flexibility index (Phi) is 6.20. The van der Waals surface area contributed by atoms with Crippen molar-refractivity contribution in [1.29, 1.82) is 0 Å². The van der Waals surface area contributed by atoms with Crippen LogP contribution in [0.1, 0.15) is 27.2 Å². The highest BCUT2D eigenvalue weighted by molar-refractivity contribution is 7.92. The maximum atomic E-state index is 12.4. The Hall–Kier alpha value is -2.90. The number of sulfonamides is 1. The van der Waals surface area contributed by atoms with Crippen molar-refractivity contribution in [3.05, 3.63) is 88.2 Å². The number of carbonyl (C=O) groups is 1. The monoisotopic (exact) mass is 429 g/mol. The number of anilines is 1. The van der Waals surface area contributed by atoms with E-state index in [9.17, 15) is 13.2 Å². The lowest BCUT2D eigenvalue weighted by atomic mass is 10.1. The van der Waals surface area contributed by atoms with Crippen molar-refractivity contribution in [2.24, 2.45) is 0 Å². The molecule has 0 spiro atoms. The third-order valence-electron chi connectivity index (χ3n) is 4.16. The van der Waals surface area contributed by atoms with E-state index >= 15 is 0 Å². The van der Waals surface area contributed by atoms with E-state index < -0.39 is 10.0 Å². The molecule has 0 radical (unpaired) electrons. The number of allylic oxidation sites excluding steroid dienone is 1. The van der Waals surface area contributed by atoms with Gasteiger partial charge >= 0.3 is 0 Å². The van der Waals surface area contributed by atoms with Gasteiger partial charge in [-0.2, -0.15) is 5.10 Å². The summed E-state index contributed by atoms with van der Waals surface area (Å²) in [5, 5.41) is 4.92. The minimum Gasteiger partial charge on any atom is -0.289 e. The molecule has 1 N–H and O–H groups in total. The maximum Gasteiger partial charge on any atom is 0.229 e. The highest BCUT2D eigenvalue weighted by Gasteiger charge is 2.12. The summed E-state index contributed by atoms with van der Waals surface area (Å²) < 4.78 is 26.6. The molecule has 8 heteroatoms. The number of nitrogens with zero attached hydrogens (tertiary/aromatic N) is 2. The van der Waals surface area contributed by atoms with Crippen LogP contribution in [0.5, 0.6) is 0 Å². The molecule has 0 fully saturated rings. The normalized spacial score (nSPS) is 11.7. The summed E-state index contributed by atoms with van der Waals surface area (Å²) in [4.78, 5) is 12.4. The molecule has 29 heavy (non-hydrogen) atoms. The second-order valence-corrected chi connectivity index (χ2v) is 8.69. The van der Waals surface area contributed by atoms with Crippen LogP contribution in [-0.4, -0.2) is 30.2 Å². The minimum absolute atomic E-state index is 0.220. The van der Waals surface area contributed by atoms with Crippen LogP contribution in [0.25, 0.3) is 6.08 Å². The minimum atomic E-state index is -3.36. The Morgan fingerprint density at radius 1 is 1.14 bits per heavy atom. The lowest BCUT2D eigenvalue weighted by Gasteiger charge is -2.04. The molecule has 3 aromatic rings. The van der Waals surface area contributed by atoms with Crippen molar-refractivity contribution in [3.8, 4) is 0 Å². The Bertz CT molecular complexity index is 1150. The number of nitrogens with one attached hydrogen (secondary N) is 1. The van der Waals surface area contributed by atoms with E-state index in [0.717, 1.165) is 17.5 Å². The van der Waals surface area contributed by atoms with Crippen LogP contribution in [0.3, 0.4) is 0 Å². The fourth-order valence-electron chi connectivity index (χ4n) is 2.79. The van der Waals surface area contributed by atoms with Crippen LogP contribution >= 0.6 is 11.6 Å². The topological polar surface area (TPSA) is 81.1 Å². The lowest BCUT2D eigenvalue weighted by molar-refractivity contribution is 0.104. The van der Waals surface area contributed by atoms with E-state index in [-0.39, 0.29) is 5.78 Å². The molecule has 3 rings (SSSR count). The molecule has 0 aliphatic heterocycles. The highest BCUT2D eigenvalue weighted by Crippen LogP contribution is 2.23. The number of ketones is 1. The van der Waals surface area contributed by atoms with Crippen molar-refractivity contribution in [2.45, 2.75) is 13.5 Å². The predicted molar refractivity (Wildman–Crippen MR) is 116 cm³/mol. The van der Waals surface area contributed by atoms with E-state index in [2.05, 4.69) is 9.82 Å². The quantitative estimate of drug-likeness (QED) is 0.451. The molecular formula is C21H20ClN3O3S. The van der Waals surface area contributed by atoms with E-state index in [1.54, 1.807) is 22.9 Å². The first-order valence-electron chi connectivity index (χ1n) is 8.80. The third-order valence-corrected chi connectivity index (χ3v) is 5.16. The standard InChI is InChI=1S/C21H20ClN3O3S/c1-15-19(21(22)25(23-15)14-16-6-4-3-5-7-16)12-13-20(26)17-8-10-18(11-9-17)24-29(2,27)28/h3-13,24H,14H2,1-2H3. The summed E-state index contributed by atoms with van der Waals surface area (Å²) in [6.45, 7) is 2.38. The summed E-state index contributed by atoms with van der Waals surface area (Å²) in [6, 6.07) is 16.1. The van der Waals surface area contributed by atoms with Crippen molar-refractivity contribution >= 4 is 39.2 Å². The predicted octanol–water partition coefficient (Wildman–Crippen LogP) is 4.16. The van der Waals surface area contributed by atoms with Crippen LogP contribution in [0.2, 0.25) is 5.15 Å². The van der Waals surface area contributed by atoms with Gasteiger partial charge in [-0.15, -0.1) is 0 Å². The van der Waals surface area contributed by atoms with E-state index in [4.69, 9.17) is 11.6 Å². The van der Waals surface area contributed by atoms with Crippen LogP contribution in [0.15, 0.2) is 60.7 Å². The first kappa shape index (κ1) is 20.8. The van der Waals surface area contributed by atoms with Gasteiger partial charge in [0.15, 0.2) is 5.78 Å². The van der Waals surface area contributed by atoms with Gasteiger partial charge in [0.05, 0.1) is 18.5 Å². The van der Waals surface area contributed by atoms with Crippen molar-refractivity contribution < 1.29 is 13.2 Å². The second kappa shape index (κ2) is 8.63. The van der Waals surface area contributed by atoms with Crippen LogP contribution < -0.4 is 4.72 Å². The molecule has 2 aromatic carbocycles. The molecule has 0 saturated carbocycles. The number of hydrogen-bond acceptors (Lipinski definition) is 4. The van der Waals surface area contributed by atoms with Crippen molar-refractivity contribution in [1.82, 2.24) is 9.78 Å². The molecule has 150 valence electrons. The zero-order chi connectivity index (χ0) is 21.0. The number of rotatable bonds is 7. The number of aromatic nitrogens is 2. The van der Waals surface area contributed by atoms with E-state index in [0.29, 0.717) is 28.5 Å². The molecule has 0 amide bonds. The van der Waals surface area contributed by atoms with Gasteiger partial charge in [-0.05, 0) is 48.9 Å². The summed E-state index contributed by atoms with van der Waals surface area (Å²) in [5.41, 5.74) is 3.32. The van der Waals surface area contributed by atoms with Gasteiger partial charge in [0, 0.05) is 16.8 Å². The van der Waals surface area contributed by atoms with Crippen LogP contribution in [0, 0.1) is 6.92 Å². The SMILES string of the molecule is Cc1nn(Cc2ccccc2)c(Cl)c1C=CC(=O)c1ccc(NS(C)(=O)=O)cc1. The molecule has 0 unspecified atom stereocenters. The Morgan fingerprint density at radius 3 is 2.41 bits per heavy atom. The number of carbonyl (C=O) groups excluding carboxylic acids is 1. The van der Waals surface area contributed by atoms with Crippen LogP contribution in [0.4, 0.5) is 5.69 Å². The third kappa shape index (κ3) is 5.56. The summed E-state index contributed by atoms with van der Waals surface area (Å²) in [7, 11) is -3.36. The first-order chi connectivity index (χ1) is 13.7. The van der Waals surface area contributed by atoms with E-state index in [1.165, 1.54) is 18.2 Å². The van der Waals surface area contributed by atoms with Crippen LogP contribution in [-0.2, 0) is 16.6 Å². The zero-order valence-corrected chi connectivity index (χ0v) is 17.5. The molecule has 0 saturated heterocycles. The molecular weight excluding hydrogens is 410 g/mol. The average Bonchev–Trinajstić information content (AvgIpc) is 2.93. The van der Waals surface area contributed by atoms with Gasteiger partial charge in [0.25, 0.3) is 0 Å². The molecule has 0 bridgehead atoms. The van der Waals surface area contributed by atoms with Crippen molar-refractivity contribution in [3.63, 3.8) is 0 Å². The zero-order valence-electron chi connectivity index (χ0n) is 16.0. The molecule has 0 atom stereocenters. The highest BCUT2D eigenvalue weighted by atomic mass is 35.5. The molecule has 0 aliphatic carbocycles. The number of halogens is 1. The first-order valence-corrected chi connectivity index (χ1v) is 11.1. The molecule has 1 aromatic heterocycles. The fourth-order valence-corrected chi connectivity index (χ4v) is 3.65. The number of hydrogen-bond donors (Lipinski definition) is 1. The Balaban J connectivity index is 1.75. The molecule has 0 aliphatic rings. The van der Waals surface area contributed by atoms with Gasteiger partial charge < -0.3 is 0 Å². The molecule has 1 heterocycles. The number of benzene rings is 2. The molecule has 6 nitrogen and oxygen atoms in total. The smallest absolute Gasteiger partial charge is 0.229 e. The van der Waals surface area contributed by atoms with Crippen molar-refractivity contribution in [2.75, 3.05) is 11.0 Å². The van der Waals surface area contributed by atoms with Gasteiger partial charge in [-0.1, -0.05) is 41.9 Å². The van der Waals surface area contributed by atoms with Gasteiger partial charge in [0.1, 0.15) is 5.15 Å². The largest absolute Gasteiger partial charge is 0.289 e. The van der Waals surface area contributed by atoms with Gasteiger partial charge in [-0.25, -0.2) is 13.1 Å². The summed E-state index contributed by atoms with van der Waals surface area (Å²) in [5.74, 6) is -0.220. The van der Waals surface area contributed by atoms with Gasteiger partial charge in [-0.3, -0.25) is 9.52 Å². The summed E-state index contributed by atoms with van der Waals surface area (Å²) in [6.07, 6.45) is 4.15. The lowest BCUT2D eigenvalue weighted by Crippen LogP contribution is -2.09. The Labute approximate surface area is 174 Å². The maximum absolute atomic E-state index is 12.4. The van der Waals surface area contributed by atoms with E-state index in [1.807, 2.05) is 37.3 Å². The second-order valence-electron chi connectivity index (χ2n) is 6.58. The fraction of sp³-hybridized carbons (Fsp3) is 0.143. The van der Waals surface area contributed by atoms with Gasteiger partial charge in [0.2, 0.25) is 10.0 Å².